The van der Waals surface area contributed by atoms with Crippen LogP contribution in [-0.4, -0.2) is 26.4 Å². The van der Waals surface area contributed by atoms with Gasteiger partial charge in [0.05, 0.1) is 31.0 Å². The predicted molar refractivity (Wildman–Crippen MR) is 87.7 cm³/mol. The minimum atomic E-state index is -0.562. The first kappa shape index (κ1) is 16.6. The van der Waals surface area contributed by atoms with Crippen LogP contribution in [-0.2, 0) is 0 Å². The minimum Gasteiger partial charge on any atom is -0.497 e. The summed E-state index contributed by atoms with van der Waals surface area (Å²) in [4.78, 5) is 12.2. The summed E-state index contributed by atoms with van der Waals surface area (Å²) >= 11 is 6.15. The molecule has 0 saturated carbocycles. The molecule has 120 valence electrons. The Kier molecular flexibility index (Phi) is 5.43. The molecule has 0 amide bonds. The molecule has 0 heterocycles. The van der Waals surface area contributed by atoms with Crippen LogP contribution in [0.3, 0.4) is 0 Å². The molecule has 0 atom stereocenters. The van der Waals surface area contributed by atoms with Gasteiger partial charge in [0.15, 0.2) is 11.5 Å². The van der Waals surface area contributed by atoms with Crippen LogP contribution in [0.2, 0.25) is 5.02 Å². The van der Waals surface area contributed by atoms with E-state index in [0.29, 0.717) is 22.6 Å². The van der Waals surface area contributed by atoms with Crippen molar-refractivity contribution < 1.29 is 19.0 Å². The number of rotatable bonds is 5. The van der Waals surface area contributed by atoms with Crippen LogP contribution in [0.25, 0.3) is 0 Å². The summed E-state index contributed by atoms with van der Waals surface area (Å²) in [6.07, 6.45) is 1.41. The molecule has 0 unspecified atom stereocenters. The lowest BCUT2D eigenvalue weighted by molar-refractivity contribution is 0.0730. The van der Waals surface area contributed by atoms with Crippen molar-refractivity contribution in [1.82, 2.24) is 0 Å². The van der Waals surface area contributed by atoms with Crippen molar-refractivity contribution in [2.45, 2.75) is 0 Å². The third-order valence-electron chi connectivity index (χ3n) is 3.00. The van der Waals surface area contributed by atoms with Gasteiger partial charge in [0.25, 0.3) is 0 Å². The zero-order valence-electron chi connectivity index (χ0n) is 12.6. The number of ether oxygens (including phenoxy) is 3. The number of esters is 1. The third-order valence-corrected chi connectivity index (χ3v) is 3.28. The Morgan fingerprint density at radius 2 is 1.87 bits per heavy atom. The molecule has 0 fully saturated rings. The highest BCUT2D eigenvalue weighted by Crippen LogP contribution is 2.36. The molecule has 0 aromatic heterocycles. The van der Waals surface area contributed by atoms with E-state index in [-0.39, 0.29) is 10.8 Å². The quantitative estimate of drug-likeness (QED) is 0.299. The standard InChI is InChI=1S/C16H15ClN2O4/c1-21-12-5-3-11(4-6-12)16(20)23-15-13(17)7-10(9-19-18)8-14(15)22-2/h3-9H,18H2,1-2H3/b19-9+. The van der Waals surface area contributed by atoms with Gasteiger partial charge in [-0.1, -0.05) is 11.6 Å². The zero-order chi connectivity index (χ0) is 16.8. The Balaban J connectivity index is 2.29. The lowest BCUT2D eigenvalue weighted by Gasteiger charge is -2.12. The summed E-state index contributed by atoms with van der Waals surface area (Å²) in [5.74, 6) is 5.62. The SMILES string of the molecule is COc1ccc(C(=O)Oc2c(Cl)cc(/C=N/N)cc2OC)cc1. The Morgan fingerprint density at radius 3 is 2.43 bits per heavy atom. The Bertz CT molecular complexity index is 730. The number of hydrogen-bond acceptors (Lipinski definition) is 6. The van der Waals surface area contributed by atoms with E-state index in [2.05, 4.69) is 5.10 Å². The lowest BCUT2D eigenvalue weighted by atomic mass is 10.2. The van der Waals surface area contributed by atoms with Gasteiger partial charge in [0.1, 0.15) is 5.75 Å². The summed E-state index contributed by atoms with van der Waals surface area (Å²) in [5.41, 5.74) is 0.982. The topological polar surface area (TPSA) is 83.1 Å². The summed E-state index contributed by atoms with van der Waals surface area (Å²) in [5, 5.41) is 3.63. The van der Waals surface area contributed by atoms with Gasteiger partial charge in [0.2, 0.25) is 0 Å². The Morgan fingerprint density at radius 1 is 1.17 bits per heavy atom. The summed E-state index contributed by atoms with van der Waals surface area (Å²) in [6, 6.07) is 9.69. The number of nitrogens with zero attached hydrogens (tertiary/aromatic N) is 1. The van der Waals surface area contributed by atoms with E-state index in [4.69, 9.17) is 31.7 Å². The van der Waals surface area contributed by atoms with Crippen LogP contribution in [0.4, 0.5) is 0 Å². The molecule has 0 radical (unpaired) electrons. The number of halogens is 1. The number of hydrogen-bond donors (Lipinski definition) is 1. The molecule has 2 N–H and O–H groups in total. The molecule has 0 spiro atoms. The van der Waals surface area contributed by atoms with E-state index < -0.39 is 5.97 Å². The molecule has 7 heteroatoms. The molecule has 2 aromatic rings. The maximum absolute atomic E-state index is 12.2. The Hall–Kier alpha value is -2.73. The average molecular weight is 335 g/mol. The smallest absolute Gasteiger partial charge is 0.343 e. The molecule has 0 aliphatic rings. The highest BCUT2D eigenvalue weighted by molar-refractivity contribution is 6.32. The number of methoxy groups -OCH3 is 2. The number of hydrazone groups is 1. The maximum atomic E-state index is 12.2. The fourth-order valence-electron chi connectivity index (χ4n) is 1.88. The van der Waals surface area contributed by atoms with Crippen LogP contribution in [0, 0.1) is 0 Å². The second kappa shape index (κ2) is 7.51. The van der Waals surface area contributed by atoms with Crippen LogP contribution < -0.4 is 20.1 Å². The van der Waals surface area contributed by atoms with Gasteiger partial charge < -0.3 is 20.1 Å². The molecule has 0 aliphatic heterocycles. The first-order valence-electron chi connectivity index (χ1n) is 6.56. The van der Waals surface area contributed by atoms with Gasteiger partial charge in [-0.05, 0) is 42.0 Å². The molecule has 0 aliphatic carbocycles. The molecule has 0 saturated heterocycles. The van der Waals surface area contributed by atoms with Crippen molar-refractivity contribution in [2.24, 2.45) is 10.9 Å². The van der Waals surface area contributed by atoms with Crippen LogP contribution >= 0.6 is 11.6 Å². The minimum absolute atomic E-state index is 0.129. The van der Waals surface area contributed by atoms with E-state index in [0.717, 1.165) is 0 Å². The lowest BCUT2D eigenvalue weighted by Crippen LogP contribution is -2.10. The van der Waals surface area contributed by atoms with Crippen molar-refractivity contribution in [2.75, 3.05) is 14.2 Å². The number of carbonyl (C=O) groups is 1. The van der Waals surface area contributed by atoms with Crippen molar-refractivity contribution in [3.8, 4) is 17.2 Å². The van der Waals surface area contributed by atoms with Gasteiger partial charge >= 0.3 is 5.97 Å². The average Bonchev–Trinajstić information content (AvgIpc) is 2.57. The first-order chi connectivity index (χ1) is 11.1. The highest BCUT2D eigenvalue weighted by atomic mass is 35.5. The largest absolute Gasteiger partial charge is 0.497 e. The maximum Gasteiger partial charge on any atom is 0.343 e. The fourth-order valence-corrected chi connectivity index (χ4v) is 2.14. The van der Waals surface area contributed by atoms with Crippen molar-refractivity contribution in [3.05, 3.63) is 52.5 Å². The summed E-state index contributed by atoms with van der Waals surface area (Å²) < 4.78 is 15.6. The second-order valence-electron chi connectivity index (χ2n) is 4.43. The highest BCUT2D eigenvalue weighted by Gasteiger charge is 2.17. The number of carbonyl (C=O) groups excluding carboxylic acids is 1. The molecule has 2 rings (SSSR count). The van der Waals surface area contributed by atoms with Gasteiger partial charge in [-0.25, -0.2) is 4.79 Å². The molecular formula is C16H15ClN2O4. The number of nitrogens with two attached hydrogens (primary N) is 1. The predicted octanol–water partition coefficient (Wildman–Crippen LogP) is 2.87. The zero-order valence-corrected chi connectivity index (χ0v) is 13.3. The molecule has 2 aromatic carbocycles. The van der Waals surface area contributed by atoms with Gasteiger partial charge in [-0.3, -0.25) is 0 Å². The van der Waals surface area contributed by atoms with E-state index in [1.807, 2.05) is 0 Å². The van der Waals surface area contributed by atoms with E-state index in [1.165, 1.54) is 13.3 Å². The van der Waals surface area contributed by atoms with Gasteiger partial charge in [-0.15, -0.1) is 0 Å². The normalized spacial score (nSPS) is 10.6. The van der Waals surface area contributed by atoms with Crippen LogP contribution in [0.1, 0.15) is 15.9 Å². The molecule has 0 bridgehead atoms. The van der Waals surface area contributed by atoms with Crippen molar-refractivity contribution >= 4 is 23.8 Å². The van der Waals surface area contributed by atoms with Crippen LogP contribution in [0.15, 0.2) is 41.5 Å². The molecule has 23 heavy (non-hydrogen) atoms. The van der Waals surface area contributed by atoms with Crippen molar-refractivity contribution in [1.29, 1.82) is 0 Å². The van der Waals surface area contributed by atoms with E-state index in [1.54, 1.807) is 43.5 Å². The Labute approximate surface area is 138 Å². The van der Waals surface area contributed by atoms with E-state index >= 15 is 0 Å². The van der Waals surface area contributed by atoms with Crippen LogP contribution in [0.5, 0.6) is 17.2 Å². The second-order valence-corrected chi connectivity index (χ2v) is 4.84. The van der Waals surface area contributed by atoms with Gasteiger partial charge in [0, 0.05) is 0 Å². The first-order valence-corrected chi connectivity index (χ1v) is 6.94. The van der Waals surface area contributed by atoms with Crippen molar-refractivity contribution in [3.63, 3.8) is 0 Å². The summed E-state index contributed by atoms with van der Waals surface area (Å²) in [6.45, 7) is 0. The third kappa shape index (κ3) is 3.92. The monoisotopic (exact) mass is 334 g/mol. The van der Waals surface area contributed by atoms with E-state index in [9.17, 15) is 4.79 Å². The molecule has 6 nitrogen and oxygen atoms in total. The summed E-state index contributed by atoms with van der Waals surface area (Å²) in [7, 11) is 2.99. The molecular weight excluding hydrogens is 320 g/mol. The van der Waals surface area contributed by atoms with Gasteiger partial charge in [-0.2, -0.15) is 5.10 Å². The number of benzene rings is 2. The fraction of sp³-hybridized carbons (Fsp3) is 0.125.